The average Bonchev–Trinajstić information content (AvgIpc) is 2.30. The minimum absolute atomic E-state index is 0.288. The Labute approximate surface area is 119 Å². The molecule has 0 spiro atoms. The summed E-state index contributed by atoms with van der Waals surface area (Å²) in [6, 6.07) is 0. The van der Waals surface area contributed by atoms with Gasteiger partial charge in [0.2, 0.25) is 0 Å². The van der Waals surface area contributed by atoms with Crippen molar-refractivity contribution < 1.29 is 4.74 Å². The van der Waals surface area contributed by atoms with E-state index in [0.29, 0.717) is 12.2 Å². The first-order valence-electron chi connectivity index (χ1n) is 8.07. The van der Waals surface area contributed by atoms with Crippen LogP contribution in [0.1, 0.15) is 53.4 Å². The van der Waals surface area contributed by atoms with Crippen molar-refractivity contribution in [3.63, 3.8) is 0 Å². The van der Waals surface area contributed by atoms with Crippen molar-refractivity contribution in [2.24, 2.45) is 5.92 Å². The van der Waals surface area contributed by atoms with Crippen molar-refractivity contribution in [2.75, 3.05) is 26.2 Å². The van der Waals surface area contributed by atoms with E-state index in [4.69, 9.17) is 4.74 Å². The van der Waals surface area contributed by atoms with Crippen LogP contribution in [0.15, 0.2) is 0 Å². The van der Waals surface area contributed by atoms with E-state index in [0.717, 1.165) is 12.5 Å². The number of piperazine rings is 1. The lowest BCUT2D eigenvalue weighted by Gasteiger charge is -2.41. The van der Waals surface area contributed by atoms with E-state index in [1.54, 1.807) is 0 Å². The van der Waals surface area contributed by atoms with E-state index in [1.165, 1.54) is 45.3 Å². The summed E-state index contributed by atoms with van der Waals surface area (Å²) in [4.78, 5) is 2.66. The molecule has 2 fully saturated rings. The van der Waals surface area contributed by atoms with Crippen LogP contribution in [0.2, 0.25) is 0 Å². The summed E-state index contributed by atoms with van der Waals surface area (Å²) >= 11 is 0. The average molecular weight is 268 g/mol. The molecule has 0 aromatic rings. The third kappa shape index (κ3) is 5.05. The fraction of sp³-hybridized carbons (Fsp3) is 1.00. The van der Waals surface area contributed by atoms with Crippen molar-refractivity contribution in [1.29, 1.82) is 0 Å². The highest BCUT2D eigenvalue weighted by atomic mass is 16.5. The Morgan fingerprint density at radius 3 is 2.47 bits per heavy atom. The van der Waals surface area contributed by atoms with Crippen molar-refractivity contribution in [3.8, 4) is 0 Å². The molecule has 0 radical (unpaired) electrons. The van der Waals surface area contributed by atoms with Gasteiger partial charge in [0.05, 0.1) is 12.2 Å². The Morgan fingerprint density at radius 1 is 1.21 bits per heavy atom. The van der Waals surface area contributed by atoms with Crippen LogP contribution < -0.4 is 5.32 Å². The maximum atomic E-state index is 5.94. The van der Waals surface area contributed by atoms with Crippen LogP contribution in [0, 0.1) is 5.92 Å². The van der Waals surface area contributed by atoms with Crippen molar-refractivity contribution in [1.82, 2.24) is 10.2 Å². The van der Waals surface area contributed by atoms with Gasteiger partial charge in [0.25, 0.3) is 0 Å². The lowest BCUT2D eigenvalue weighted by atomic mass is 9.86. The van der Waals surface area contributed by atoms with Gasteiger partial charge in [-0.2, -0.15) is 0 Å². The highest BCUT2D eigenvalue weighted by Gasteiger charge is 2.29. The van der Waals surface area contributed by atoms with Crippen LogP contribution in [0.3, 0.4) is 0 Å². The summed E-state index contributed by atoms with van der Waals surface area (Å²) in [5.41, 5.74) is 0.288. The molecule has 1 heterocycles. The highest BCUT2D eigenvalue weighted by molar-refractivity contribution is 4.88. The predicted molar refractivity (Wildman–Crippen MR) is 80.5 cm³/mol. The first kappa shape index (κ1) is 15.3. The lowest BCUT2D eigenvalue weighted by molar-refractivity contribution is -0.0232. The smallest absolute Gasteiger partial charge is 0.0578 e. The second-order valence-corrected chi connectivity index (χ2v) is 7.37. The second-order valence-electron chi connectivity index (χ2n) is 7.37. The summed E-state index contributed by atoms with van der Waals surface area (Å²) in [5.74, 6) is 0.890. The minimum atomic E-state index is 0.288. The molecule has 2 aliphatic rings. The SMILES string of the molecule is CC(C)OC1CCC(CN2CCNC(C)(C)C2)CC1. The van der Waals surface area contributed by atoms with Gasteiger partial charge in [-0.1, -0.05) is 0 Å². The Balaban J connectivity index is 1.70. The monoisotopic (exact) mass is 268 g/mol. The zero-order valence-corrected chi connectivity index (χ0v) is 13.2. The summed E-state index contributed by atoms with van der Waals surface area (Å²) < 4.78 is 5.94. The van der Waals surface area contributed by atoms with Gasteiger partial charge in [0, 0.05) is 31.7 Å². The molecule has 3 nitrogen and oxygen atoms in total. The Kier molecular flexibility index (Phi) is 5.27. The Hall–Kier alpha value is -0.120. The third-order valence-electron chi connectivity index (χ3n) is 4.43. The summed E-state index contributed by atoms with van der Waals surface area (Å²) in [7, 11) is 0. The van der Waals surface area contributed by atoms with Crippen molar-refractivity contribution in [2.45, 2.75) is 71.1 Å². The van der Waals surface area contributed by atoms with Crippen LogP contribution in [-0.4, -0.2) is 48.8 Å². The molecule has 19 heavy (non-hydrogen) atoms. The quantitative estimate of drug-likeness (QED) is 0.848. The Bertz CT molecular complexity index is 270. The van der Waals surface area contributed by atoms with Gasteiger partial charge < -0.3 is 10.1 Å². The zero-order valence-electron chi connectivity index (χ0n) is 13.2. The van der Waals surface area contributed by atoms with Crippen molar-refractivity contribution >= 4 is 0 Å². The number of hydrogen-bond acceptors (Lipinski definition) is 3. The van der Waals surface area contributed by atoms with E-state index in [1.807, 2.05) is 0 Å². The summed E-state index contributed by atoms with van der Waals surface area (Å²) in [6.45, 7) is 13.8. The van der Waals surface area contributed by atoms with Gasteiger partial charge in [0.1, 0.15) is 0 Å². The predicted octanol–water partition coefficient (Wildman–Crippen LogP) is 2.65. The molecule has 0 unspecified atom stereocenters. The molecule has 0 aromatic heterocycles. The zero-order chi connectivity index (χ0) is 13.9. The van der Waals surface area contributed by atoms with Gasteiger partial charge in [0.15, 0.2) is 0 Å². The van der Waals surface area contributed by atoms with Gasteiger partial charge in [-0.15, -0.1) is 0 Å². The third-order valence-corrected chi connectivity index (χ3v) is 4.43. The van der Waals surface area contributed by atoms with Crippen LogP contribution in [-0.2, 0) is 4.74 Å². The van der Waals surface area contributed by atoms with Crippen LogP contribution in [0.25, 0.3) is 0 Å². The fourth-order valence-electron chi connectivity index (χ4n) is 3.60. The minimum Gasteiger partial charge on any atom is -0.376 e. The molecule has 1 aliphatic carbocycles. The molecule has 1 N–H and O–H groups in total. The van der Waals surface area contributed by atoms with Crippen LogP contribution >= 0.6 is 0 Å². The first-order chi connectivity index (χ1) is 8.94. The maximum Gasteiger partial charge on any atom is 0.0578 e. The summed E-state index contributed by atoms with van der Waals surface area (Å²) in [5, 5.41) is 3.59. The highest BCUT2D eigenvalue weighted by Crippen LogP contribution is 2.28. The van der Waals surface area contributed by atoms with Gasteiger partial charge >= 0.3 is 0 Å². The van der Waals surface area contributed by atoms with E-state index < -0.39 is 0 Å². The van der Waals surface area contributed by atoms with Crippen LogP contribution in [0.5, 0.6) is 0 Å². The summed E-state index contributed by atoms with van der Waals surface area (Å²) in [6.07, 6.45) is 6.13. The largest absolute Gasteiger partial charge is 0.376 e. The molecule has 0 atom stereocenters. The molecule has 112 valence electrons. The van der Waals surface area contributed by atoms with E-state index in [2.05, 4.69) is 37.9 Å². The lowest BCUT2D eigenvalue weighted by Crippen LogP contribution is -2.57. The number of nitrogens with zero attached hydrogens (tertiary/aromatic N) is 1. The number of hydrogen-bond donors (Lipinski definition) is 1. The molecule has 3 heteroatoms. The molecule has 1 saturated heterocycles. The van der Waals surface area contributed by atoms with Gasteiger partial charge in [-0.3, -0.25) is 4.90 Å². The van der Waals surface area contributed by atoms with E-state index in [9.17, 15) is 0 Å². The normalized spacial score (nSPS) is 32.7. The van der Waals surface area contributed by atoms with E-state index in [-0.39, 0.29) is 5.54 Å². The molecule has 1 saturated carbocycles. The van der Waals surface area contributed by atoms with Gasteiger partial charge in [-0.05, 0) is 59.3 Å². The van der Waals surface area contributed by atoms with Gasteiger partial charge in [-0.25, -0.2) is 0 Å². The fourth-order valence-corrected chi connectivity index (χ4v) is 3.60. The van der Waals surface area contributed by atoms with Crippen molar-refractivity contribution in [3.05, 3.63) is 0 Å². The molecule has 1 aliphatic heterocycles. The molecule has 0 bridgehead atoms. The number of nitrogens with one attached hydrogen (secondary N) is 1. The number of rotatable bonds is 4. The molecular formula is C16H32N2O. The van der Waals surface area contributed by atoms with Crippen LogP contribution in [0.4, 0.5) is 0 Å². The second kappa shape index (κ2) is 6.55. The van der Waals surface area contributed by atoms with E-state index >= 15 is 0 Å². The first-order valence-corrected chi connectivity index (χ1v) is 8.07. The molecular weight excluding hydrogens is 236 g/mol. The molecule has 0 amide bonds. The number of ether oxygens (including phenoxy) is 1. The maximum absolute atomic E-state index is 5.94. The molecule has 0 aromatic carbocycles. The topological polar surface area (TPSA) is 24.5 Å². The Morgan fingerprint density at radius 2 is 1.89 bits per heavy atom. The standard InChI is InChI=1S/C16H32N2O/c1-13(2)19-15-7-5-14(6-8-15)11-18-10-9-17-16(3,4)12-18/h13-15,17H,5-12H2,1-4H3. The molecule has 2 rings (SSSR count).